The molecule has 0 aliphatic heterocycles. The van der Waals surface area contributed by atoms with Crippen molar-refractivity contribution < 1.29 is 14.5 Å². The number of ether oxygens (including phenoxy) is 1. The highest BCUT2D eigenvalue weighted by Crippen LogP contribution is 2.29. The Hall–Kier alpha value is -2.51. The molecule has 0 heterocycles. The first-order valence-electron chi connectivity index (χ1n) is 7.16. The standard InChI is InChI=1S/C16H15Cl2N3O4/c1-9(12-5-3-10(17)7-13(12)18)19-16(22)20-14-6-4-11(21(23)24)8-15(14)25-2/h3-9H,1-2H3,(H2,19,20,22)/t9-/m0/s1. The fourth-order valence-corrected chi connectivity index (χ4v) is 2.75. The quantitative estimate of drug-likeness (QED) is 0.572. The van der Waals surface area contributed by atoms with Crippen molar-refractivity contribution in [3.63, 3.8) is 0 Å². The molecule has 7 nitrogen and oxygen atoms in total. The van der Waals surface area contributed by atoms with Gasteiger partial charge in [0.15, 0.2) is 0 Å². The minimum Gasteiger partial charge on any atom is -0.494 e. The lowest BCUT2D eigenvalue weighted by Crippen LogP contribution is -2.31. The number of nitrogens with zero attached hydrogens (tertiary/aromatic N) is 1. The number of non-ortho nitro benzene ring substituents is 1. The maximum atomic E-state index is 12.2. The van der Waals surface area contributed by atoms with Crippen molar-refractivity contribution in [3.05, 3.63) is 62.1 Å². The van der Waals surface area contributed by atoms with Crippen molar-refractivity contribution in [3.8, 4) is 5.75 Å². The van der Waals surface area contributed by atoms with Crippen LogP contribution in [0.4, 0.5) is 16.2 Å². The lowest BCUT2D eigenvalue weighted by atomic mass is 10.1. The van der Waals surface area contributed by atoms with E-state index in [0.29, 0.717) is 21.3 Å². The molecule has 25 heavy (non-hydrogen) atoms. The Bertz CT molecular complexity index is 814. The van der Waals surface area contributed by atoms with Crippen LogP contribution < -0.4 is 15.4 Å². The summed E-state index contributed by atoms with van der Waals surface area (Å²) in [5.41, 5.74) is 0.876. The zero-order valence-electron chi connectivity index (χ0n) is 13.4. The van der Waals surface area contributed by atoms with Gasteiger partial charge in [0.05, 0.1) is 29.8 Å². The molecule has 2 rings (SSSR count). The second kappa shape index (κ2) is 8.04. The lowest BCUT2D eigenvalue weighted by molar-refractivity contribution is -0.384. The molecule has 0 fully saturated rings. The second-order valence-corrected chi connectivity index (χ2v) is 5.97. The molecule has 0 saturated heterocycles. The summed E-state index contributed by atoms with van der Waals surface area (Å²) in [7, 11) is 1.36. The molecule has 9 heteroatoms. The summed E-state index contributed by atoms with van der Waals surface area (Å²) < 4.78 is 5.08. The molecule has 0 aliphatic carbocycles. The number of benzene rings is 2. The van der Waals surface area contributed by atoms with Crippen molar-refractivity contribution in [2.24, 2.45) is 0 Å². The molecule has 2 amide bonds. The largest absolute Gasteiger partial charge is 0.494 e. The number of carbonyl (C=O) groups is 1. The zero-order chi connectivity index (χ0) is 18.6. The summed E-state index contributed by atoms with van der Waals surface area (Å²) in [5.74, 6) is 0.182. The third kappa shape index (κ3) is 4.74. The Morgan fingerprint density at radius 3 is 2.56 bits per heavy atom. The maximum Gasteiger partial charge on any atom is 0.319 e. The van der Waals surface area contributed by atoms with Crippen LogP contribution in [0.1, 0.15) is 18.5 Å². The van der Waals surface area contributed by atoms with Crippen LogP contribution >= 0.6 is 23.2 Å². The summed E-state index contributed by atoms with van der Waals surface area (Å²) >= 11 is 12.0. The Morgan fingerprint density at radius 2 is 1.96 bits per heavy atom. The number of halogens is 2. The van der Waals surface area contributed by atoms with E-state index in [9.17, 15) is 14.9 Å². The first-order valence-corrected chi connectivity index (χ1v) is 7.92. The zero-order valence-corrected chi connectivity index (χ0v) is 14.9. The molecule has 0 aromatic heterocycles. The molecule has 132 valence electrons. The first kappa shape index (κ1) is 18.8. The molecule has 0 radical (unpaired) electrons. The predicted octanol–water partition coefficient (Wildman–Crippen LogP) is 4.79. The van der Waals surface area contributed by atoms with E-state index in [0.717, 1.165) is 0 Å². The van der Waals surface area contributed by atoms with E-state index >= 15 is 0 Å². The number of nitro groups is 1. The van der Waals surface area contributed by atoms with Crippen LogP contribution in [0.2, 0.25) is 10.0 Å². The van der Waals surface area contributed by atoms with Crippen molar-refractivity contribution in [1.82, 2.24) is 5.32 Å². The molecule has 0 spiro atoms. The molecule has 0 aliphatic rings. The van der Waals surface area contributed by atoms with Gasteiger partial charge in [0.1, 0.15) is 5.75 Å². The molecular weight excluding hydrogens is 369 g/mol. The van der Waals surface area contributed by atoms with Crippen LogP contribution in [-0.4, -0.2) is 18.1 Å². The average molecular weight is 384 g/mol. The fraction of sp³-hybridized carbons (Fsp3) is 0.188. The molecule has 1 atom stereocenters. The molecule has 0 bridgehead atoms. The van der Waals surface area contributed by atoms with Gasteiger partial charge in [-0.1, -0.05) is 29.3 Å². The van der Waals surface area contributed by atoms with Crippen LogP contribution in [0, 0.1) is 10.1 Å². The van der Waals surface area contributed by atoms with E-state index in [1.165, 1.54) is 25.3 Å². The van der Waals surface area contributed by atoms with Crippen molar-refractivity contribution >= 4 is 40.6 Å². The van der Waals surface area contributed by atoms with E-state index in [1.807, 2.05) is 0 Å². The smallest absolute Gasteiger partial charge is 0.319 e. The summed E-state index contributed by atoms with van der Waals surface area (Å²) in [4.78, 5) is 22.4. The SMILES string of the molecule is COc1cc([N+](=O)[O-])ccc1NC(=O)N[C@@H](C)c1ccc(Cl)cc1Cl. The molecular formula is C16H15Cl2N3O4. The van der Waals surface area contributed by atoms with Gasteiger partial charge in [-0.15, -0.1) is 0 Å². The van der Waals surface area contributed by atoms with E-state index in [-0.39, 0.29) is 17.5 Å². The Labute approximate surface area is 154 Å². The Morgan fingerprint density at radius 1 is 1.24 bits per heavy atom. The minimum absolute atomic E-state index is 0.135. The lowest BCUT2D eigenvalue weighted by Gasteiger charge is -2.17. The number of nitrogens with one attached hydrogen (secondary N) is 2. The summed E-state index contributed by atoms with van der Waals surface area (Å²) in [6.07, 6.45) is 0. The van der Waals surface area contributed by atoms with Gasteiger partial charge in [-0.25, -0.2) is 4.79 Å². The van der Waals surface area contributed by atoms with Crippen LogP contribution in [0.5, 0.6) is 5.75 Å². The van der Waals surface area contributed by atoms with Gasteiger partial charge < -0.3 is 15.4 Å². The van der Waals surface area contributed by atoms with Crippen molar-refractivity contribution in [2.75, 3.05) is 12.4 Å². The normalized spacial score (nSPS) is 11.5. The highest BCUT2D eigenvalue weighted by atomic mass is 35.5. The number of carbonyl (C=O) groups excluding carboxylic acids is 1. The Kier molecular flexibility index (Phi) is 6.06. The summed E-state index contributed by atoms with van der Waals surface area (Å²) in [5, 5.41) is 17.0. The number of hydrogen-bond acceptors (Lipinski definition) is 4. The molecule has 2 N–H and O–H groups in total. The molecule has 0 unspecified atom stereocenters. The number of anilines is 1. The third-order valence-corrected chi connectivity index (χ3v) is 3.98. The van der Waals surface area contributed by atoms with Gasteiger partial charge in [-0.2, -0.15) is 0 Å². The van der Waals surface area contributed by atoms with Gasteiger partial charge >= 0.3 is 6.03 Å². The third-order valence-electron chi connectivity index (χ3n) is 3.42. The number of methoxy groups -OCH3 is 1. The van der Waals surface area contributed by atoms with E-state index < -0.39 is 11.0 Å². The number of urea groups is 1. The number of nitro benzene ring substituents is 1. The maximum absolute atomic E-state index is 12.2. The van der Waals surface area contributed by atoms with Crippen LogP contribution in [-0.2, 0) is 0 Å². The summed E-state index contributed by atoms with van der Waals surface area (Å²) in [6, 6.07) is 8.01. The fourth-order valence-electron chi connectivity index (χ4n) is 2.18. The predicted molar refractivity (Wildman–Crippen MR) is 96.7 cm³/mol. The number of rotatable bonds is 5. The van der Waals surface area contributed by atoms with E-state index in [2.05, 4.69) is 10.6 Å². The monoisotopic (exact) mass is 383 g/mol. The van der Waals surface area contributed by atoms with Crippen LogP contribution in [0.3, 0.4) is 0 Å². The van der Waals surface area contributed by atoms with Gasteiger partial charge in [0, 0.05) is 16.1 Å². The highest BCUT2D eigenvalue weighted by Gasteiger charge is 2.16. The first-order chi connectivity index (χ1) is 11.8. The number of amides is 2. The average Bonchev–Trinajstić information content (AvgIpc) is 2.54. The topological polar surface area (TPSA) is 93.5 Å². The van der Waals surface area contributed by atoms with Crippen LogP contribution in [0.15, 0.2) is 36.4 Å². The van der Waals surface area contributed by atoms with Crippen LogP contribution in [0.25, 0.3) is 0 Å². The van der Waals surface area contributed by atoms with Gasteiger partial charge in [-0.05, 0) is 30.7 Å². The van der Waals surface area contributed by atoms with Crippen molar-refractivity contribution in [2.45, 2.75) is 13.0 Å². The van der Waals surface area contributed by atoms with Gasteiger partial charge in [0.2, 0.25) is 0 Å². The number of hydrogen-bond donors (Lipinski definition) is 2. The van der Waals surface area contributed by atoms with E-state index in [1.54, 1.807) is 25.1 Å². The second-order valence-electron chi connectivity index (χ2n) is 5.13. The summed E-state index contributed by atoms with van der Waals surface area (Å²) in [6.45, 7) is 1.77. The van der Waals surface area contributed by atoms with E-state index in [4.69, 9.17) is 27.9 Å². The van der Waals surface area contributed by atoms with Crippen molar-refractivity contribution in [1.29, 1.82) is 0 Å². The Balaban J connectivity index is 2.10. The molecule has 0 saturated carbocycles. The molecule has 2 aromatic carbocycles. The minimum atomic E-state index is -0.545. The van der Waals surface area contributed by atoms with Gasteiger partial charge in [0.25, 0.3) is 5.69 Å². The molecule has 2 aromatic rings. The highest BCUT2D eigenvalue weighted by molar-refractivity contribution is 6.35. The van der Waals surface area contributed by atoms with Gasteiger partial charge in [-0.3, -0.25) is 10.1 Å².